The van der Waals surface area contributed by atoms with E-state index in [1.54, 1.807) is 48.5 Å². The highest BCUT2D eigenvalue weighted by Crippen LogP contribution is 2.33. The van der Waals surface area contributed by atoms with Gasteiger partial charge < -0.3 is 27.0 Å². The fourth-order valence-electron chi connectivity index (χ4n) is 4.38. The molecule has 1 aliphatic heterocycles. The number of nitrogens with zero attached hydrogens (tertiary/aromatic N) is 2. The third kappa shape index (κ3) is 5.05. The van der Waals surface area contributed by atoms with Gasteiger partial charge in [-0.1, -0.05) is 46.3 Å². The zero-order valence-corrected chi connectivity index (χ0v) is 20.7. The predicted octanol–water partition coefficient (Wildman–Crippen LogP) is 3.43. The first-order chi connectivity index (χ1) is 17.2. The largest absolute Gasteiger partial charge is 0.351 e. The normalized spacial score (nSPS) is 20.3. The van der Waals surface area contributed by atoms with Gasteiger partial charge in [0.15, 0.2) is 0 Å². The average Bonchev–Trinajstić information content (AvgIpc) is 3.41. The average molecular weight is 563 g/mol. The molecule has 4 rings (SSSR count). The number of anilines is 1. The Morgan fingerprint density at radius 2 is 1.94 bits per heavy atom. The van der Waals surface area contributed by atoms with Gasteiger partial charge in [-0.3, -0.25) is 9.36 Å². The van der Waals surface area contributed by atoms with Crippen LogP contribution >= 0.6 is 15.9 Å². The topological polar surface area (TPSA) is 135 Å². The van der Waals surface area contributed by atoms with E-state index < -0.39 is 55.5 Å². The summed E-state index contributed by atoms with van der Waals surface area (Å²) in [7, 11) is 0. The summed E-state index contributed by atoms with van der Waals surface area (Å²) in [6, 6.07) is 9.81. The quantitative estimate of drug-likeness (QED) is 0.366. The van der Waals surface area contributed by atoms with Crippen molar-refractivity contribution in [3.05, 3.63) is 64.8 Å². The zero-order valence-electron chi connectivity index (χ0n) is 19.1. The Bertz CT molecular complexity index is 1320. The molecule has 0 spiro atoms. The first-order valence-corrected chi connectivity index (χ1v) is 11.9. The molecule has 0 radical (unpaired) electrons. The predicted molar refractivity (Wildman–Crippen MR) is 135 cm³/mol. The Morgan fingerprint density at radius 3 is 2.61 bits per heavy atom. The van der Waals surface area contributed by atoms with Crippen molar-refractivity contribution >= 4 is 50.5 Å². The summed E-state index contributed by atoms with van der Waals surface area (Å²) in [5.41, 5.74) is 10.3. The molecule has 36 heavy (non-hydrogen) atoms. The Hall–Kier alpha value is -3.51. The number of halogens is 3. The minimum atomic E-state index is -2.00. The van der Waals surface area contributed by atoms with Crippen LogP contribution in [0.25, 0.3) is 10.9 Å². The lowest BCUT2D eigenvalue weighted by molar-refractivity contribution is -0.125. The van der Waals surface area contributed by atoms with E-state index in [9.17, 15) is 18.8 Å². The van der Waals surface area contributed by atoms with Crippen molar-refractivity contribution in [2.45, 2.75) is 24.2 Å². The molecular formula is C24H25BrF2N6O3. The van der Waals surface area contributed by atoms with Crippen LogP contribution < -0.4 is 22.1 Å². The van der Waals surface area contributed by atoms with Gasteiger partial charge in [0.1, 0.15) is 18.4 Å². The van der Waals surface area contributed by atoms with Crippen molar-refractivity contribution < 1.29 is 23.2 Å². The second-order valence-electron chi connectivity index (χ2n) is 8.67. The summed E-state index contributed by atoms with van der Waals surface area (Å²) in [6.07, 6.45) is 1.01. The Morgan fingerprint density at radius 1 is 1.19 bits per heavy atom. The summed E-state index contributed by atoms with van der Waals surface area (Å²) in [4.78, 5) is 39.3. The lowest BCUT2D eigenvalue weighted by Crippen LogP contribution is -2.48. The molecule has 0 saturated carbocycles. The van der Waals surface area contributed by atoms with Crippen LogP contribution in [0.5, 0.6) is 0 Å². The SMILES string of the molecule is NC[C@@]1(F)C[C@@H](C(=O)N[C@H](CF)c2cccc(Br)c2)N(C(=O)Nc2cn(C(N)=O)c3ccccc23)C1. The minimum Gasteiger partial charge on any atom is -0.351 e. The Balaban J connectivity index is 1.59. The maximum absolute atomic E-state index is 15.3. The number of fused-ring (bicyclic) bond motifs is 1. The zero-order chi connectivity index (χ0) is 26.0. The van der Waals surface area contributed by atoms with Gasteiger partial charge in [0, 0.05) is 29.0 Å². The van der Waals surface area contributed by atoms with Gasteiger partial charge in [-0.05, 0) is 23.8 Å². The highest BCUT2D eigenvalue weighted by Gasteiger charge is 2.49. The van der Waals surface area contributed by atoms with Gasteiger partial charge in [0.25, 0.3) is 0 Å². The van der Waals surface area contributed by atoms with E-state index in [1.807, 2.05) is 0 Å². The number of hydrogen-bond acceptors (Lipinski definition) is 4. The fraction of sp³-hybridized carbons (Fsp3) is 0.292. The Labute approximate surface area is 213 Å². The number of urea groups is 1. The molecule has 2 aromatic carbocycles. The maximum Gasteiger partial charge on any atom is 0.323 e. The van der Waals surface area contributed by atoms with Gasteiger partial charge in [-0.15, -0.1) is 0 Å². The van der Waals surface area contributed by atoms with Gasteiger partial charge in [-0.25, -0.2) is 18.4 Å². The number of amides is 4. The van der Waals surface area contributed by atoms with E-state index in [2.05, 4.69) is 26.6 Å². The number of rotatable bonds is 6. The van der Waals surface area contributed by atoms with E-state index in [-0.39, 0.29) is 12.1 Å². The third-order valence-electron chi connectivity index (χ3n) is 6.23. The van der Waals surface area contributed by atoms with Crippen LogP contribution in [-0.2, 0) is 4.79 Å². The first-order valence-electron chi connectivity index (χ1n) is 11.1. The molecule has 1 aromatic heterocycles. The molecule has 0 aliphatic carbocycles. The highest BCUT2D eigenvalue weighted by molar-refractivity contribution is 9.10. The van der Waals surface area contributed by atoms with Gasteiger partial charge in [-0.2, -0.15) is 0 Å². The number of nitrogens with two attached hydrogens (primary N) is 2. The molecule has 3 atom stereocenters. The molecule has 0 bridgehead atoms. The summed E-state index contributed by atoms with van der Waals surface area (Å²) < 4.78 is 31.0. The molecule has 9 nitrogen and oxygen atoms in total. The molecular weight excluding hydrogens is 538 g/mol. The van der Waals surface area contributed by atoms with Gasteiger partial charge in [0.2, 0.25) is 5.91 Å². The highest BCUT2D eigenvalue weighted by atomic mass is 79.9. The van der Waals surface area contributed by atoms with E-state index >= 15 is 4.39 Å². The second-order valence-corrected chi connectivity index (χ2v) is 9.59. The van der Waals surface area contributed by atoms with Gasteiger partial charge in [0.05, 0.1) is 23.8 Å². The van der Waals surface area contributed by atoms with Crippen LogP contribution in [0.2, 0.25) is 0 Å². The number of carbonyl (C=O) groups is 3. The van der Waals surface area contributed by atoms with Crippen LogP contribution in [0.1, 0.15) is 18.0 Å². The summed E-state index contributed by atoms with van der Waals surface area (Å²) >= 11 is 3.31. The molecule has 6 N–H and O–H groups in total. The lowest BCUT2D eigenvalue weighted by atomic mass is 10.0. The van der Waals surface area contributed by atoms with Crippen molar-refractivity contribution in [2.24, 2.45) is 11.5 Å². The van der Waals surface area contributed by atoms with Crippen LogP contribution in [0.15, 0.2) is 59.2 Å². The number of hydrogen-bond donors (Lipinski definition) is 4. The van der Waals surface area contributed by atoms with E-state index in [0.29, 0.717) is 20.9 Å². The van der Waals surface area contributed by atoms with Crippen LogP contribution in [0, 0.1) is 0 Å². The number of carbonyl (C=O) groups excluding carboxylic acids is 3. The lowest BCUT2D eigenvalue weighted by Gasteiger charge is -2.26. The number of nitrogens with one attached hydrogen (secondary N) is 2. The van der Waals surface area contributed by atoms with Crippen molar-refractivity contribution in [3.8, 4) is 0 Å². The molecule has 0 unspecified atom stereocenters. The summed E-state index contributed by atoms with van der Waals surface area (Å²) in [6.45, 7) is -1.73. The molecule has 3 aromatic rings. The van der Waals surface area contributed by atoms with E-state index in [1.165, 1.54) is 10.8 Å². The van der Waals surface area contributed by atoms with Crippen molar-refractivity contribution in [3.63, 3.8) is 0 Å². The number of likely N-dealkylation sites (tertiary alicyclic amines) is 1. The number of para-hydroxylation sites is 1. The number of benzene rings is 2. The maximum atomic E-state index is 15.3. The van der Waals surface area contributed by atoms with Crippen LogP contribution in [-0.4, -0.2) is 58.9 Å². The minimum absolute atomic E-state index is 0.258. The molecule has 12 heteroatoms. The molecule has 4 amide bonds. The van der Waals surface area contributed by atoms with Crippen molar-refractivity contribution in [1.29, 1.82) is 0 Å². The van der Waals surface area contributed by atoms with E-state index in [4.69, 9.17) is 11.5 Å². The Kier molecular flexibility index (Phi) is 7.27. The first kappa shape index (κ1) is 25.6. The number of alkyl halides is 2. The van der Waals surface area contributed by atoms with E-state index in [0.717, 1.165) is 4.90 Å². The third-order valence-corrected chi connectivity index (χ3v) is 6.72. The second kappa shape index (κ2) is 10.2. The molecule has 2 heterocycles. The molecule has 1 aliphatic rings. The standard InChI is InChI=1S/C24H25BrF2N6O3/c25-15-5-3-4-14(8-15)17(10-26)30-21(34)20-9-24(27,12-28)13-33(20)23(36)31-18-11-32(22(29)35)19-7-2-1-6-16(18)19/h1-8,11,17,20H,9-10,12-13,28H2,(H2,29,35)(H,30,34)(H,31,36)/t17-,20+,24+/m1/s1. The number of aromatic nitrogens is 1. The fourth-order valence-corrected chi connectivity index (χ4v) is 4.80. The van der Waals surface area contributed by atoms with Crippen molar-refractivity contribution in [1.82, 2.24) is 14.8 Å². The smallest absolute Gasteiger partial charge is 0.323 e. The van der Waals surface area contributed by atoms with Crippen molar-refractivity contribution in [2.75, 3.05) is 25.1 Å². The molecule has 190 valence electrons. The summed E-state index contributed by atoms with van der Waals surface area (Å²) in [5, 5.41) is 5.76. The summed E-state index contributed by atoms with van der Waals surface area (Å²) in [5.74, 6) is -0.708. The van der Waals surface area contributed by atoms with Gasteiger partial charge >= 0.3 is 12.1 Å². The molecule has 1 fully saturated rings. The number of primary amides is 1. The molecule has 1 saturated heterocycles. The van der Waals surface area contributed by atoms with Crippen LogP contribution in [0.3, 0.4) is 0 Å². The monoisotopic (exact) mass is 562 g/mol. The van der Waals surface area contributed by atoms with Crippen LogP contribution in [0.4, 0.5) is 24.1 Å².